The maximum absolute atomic E-state index is 12.0. The van der Waals surface area contributed by atoms with E-state index in [4.69, 9.17) is 5.73 Å². The van der Waals surface area contributed by atoms with Gasteiger partial charge in [0.1, 0.15) is 6.04 Å². The molecule has 108 valence electrons. The highest BCUT2D eigenvalue weighted by molar-refractivity contribution is 5.86. The minimum Gasteiger partial charge on any atom is -0.481 e. The summed E-state index contributed by atoms with van der Waals surface area (Å²) in [6, 6.07) is -1.43. The van der Waals surface area contributed by atoms with Crippen LogP contribution in [-0.2, 0) is 9.59 Å². The molecule has 1 rings (SSSR count). The molecule has 1 fully saturated rings. The number of likely N-dealkylation sites (tertiary alicyclic amines) is 1. The van der Waals surface area contributed by atoms with Crippen LogP contribution in [0.25, 0.3) is 0 Å². The third-order valence-electron chi connectivity index (χ3n) is 3.89. The zero-order chi connectivity index (χ0) is 14.6. The number of carboxylic acids is 1. The van der Waals surface area contributed by atoms with Gasteiger partial charge in [0.05, 0.1) is 5.41 Å². The molecule has 0 radical (unpaired) electrons. The standard InChI is InChI=1S/C12H21N3O4/c1-3-12(10(17)18)4-6-15(7-5-12)9(16)8(2)14-11(13)19/h8H,3-7H2,1-2H3,(H,17,18)(H3,13,14,19). The van der Waals surface area contributed by atoms with E-state index >= 15 is 0 Å². The van der Waals surface area contributed by atoms with Crippen molar-refractivity contribution < 1.29 is 19.5 Å². The van der Waals surface area contributed by atoms with Crippen LogP contribution in [0.1, 0.15) is 33.1 Å². The molecule has 19 heavy (non-hydrogen) atoms. The lowest BCUT2D eigenvalue weighted by atomic mass is 9.76. The predicted octanol–water partition coefficient (Wildman–Crippen LogP) is 0.147. The fourth-order valence-corrected chi connectivity index (χ4v) is 2.42. The highest BCUT2D eigenvalue weighted by Gasteiger charge is 2.41. The average molecular weight is 271 g/mol. The van der Waals surface area contributed by atoms with Crippen LogP contribution in [0.3, 0.4) is 0 Å². The van der Waals surface area contributed by atoms with Crippen molar-refractivity contribution in [3.63, 3.8) is 0 Å². The number of rotatable bonds is 4. The molecule has 1 aliphatic heterocycles. The quantitative estimate of drug-likeness (QED) is 0.675. The Morgan fingerprint density at radius 3 is 2.26 bits per heavy atom. The molecule has 0 spiro atoms. The molecular weight excluding hydrogens is 250 g/mol. The van der Waals surface area contributed by atoms with Crippen LogP contribution in [-0.4, -0.2) is 47.0 Å². The van der Waals surface area contributed by atoms with Crippen molar-refractivity contribution in [3.05, 3.63) is 0 Å². The van der Waals surface area contributed by atoms with Crippen LogP contribution in [0.2, 0.25) is 0 Å². The minimum atomic E-state index is -0.801. The van der Waals surface area contributed by atoms with Crippen LogP contribution >= 0.6 is 0 Å². The number of carboxylic acid groups (broad SMARTS) is 1. The number of hydrogen-bond acceptors (Lipinski definition) is 3. The lowest BCUT2D eigenvalue weighted by Crippen LogP contribution is -2.53. The van der Waals surface area contributed by atoms with E-state index in [2.05, 4.69) is 5.32 Å². The molecule has 7 heteroatoms. The van der Waals surface area contributed by atoms with Gasteiger partial charge in [-0.25, -0.2) is 4.79 Å². The first kappa shape index (κ1) is 15.3. The Morgan fingerprint density at radius 2 is 1.89 bits per heavy atom. The Morgan fingerprint density at radius 1 is 1.37 bits per heavy atom. The largest absolute Gasteiger partial charge is 0.481 e. The Labute approximate surface area is 112 Å². The third kappa shape index (κ3) is 3.36. The second-order valence-electron chi connectivity index (χ2n) is 4.99. The van der Waals surface area contributed by atoms with E-state index in [-0.39, 0.29) is 5.91 Å². The number of urea groups is 1. The molecule has 0 aliphatic carbocycles. The smallest absolute Gasteiger partial charge is 0.312 e. The van der Waals surface area contributed by atoms with Gasteiger partial charge in [-0.3, -0.25) is 9.59 Å². The highest BCUT2D eigenvalue weighted by Crippen LogP contribution is 2.35. The second kappa shape index (κ2) is 5.90. The number of carbonyl (C=O) groups is 3. The number of hydrogen-bond donors (Lipinski definition) is 3. The van der Waals surface area contributed by atoms with E-state index in [0.29, 0.717) is 32.4 Å². The fourth-order valence-electron chi connectivity index (χ4n) is 2.42. The first-order chi connectivity index (χ1) is 8.82. The van der Waals surface area contributed by atoms with Crippen LogP contribution in [0.15, 0.2) is 0 Å². The molecule has 1 saturated heterocycles. The minimum absolute atomic E-state index is 0.228. The van der Waals surface area contributed by atoms with E-state index in [1.807, 2.05) is 6.92 Å². The van der Waals surface area contributed by atoms with E-state index in [9.17, 15) is 19.5 Å². The molecule has 0 aromatic carbocycles. The second-order valence-corrected chi connectivity index (χ2v) is 4.99. The summed E-state index contributed by atoms with van der Waals surface area (Å²) < 4.78 is 0. The number of amides is 3. The Bertz CT molecular complexity index is 375. The maximum atomic E-state index is 12.0. The van der Waals surface area contributed by atoms with E-state index in [1.54, 1.807) is 11.8 Å². The van der Waals surface area contributed by atoms with Crippen molar-refractivity contribution in [2.45, 2.75) is 39.2 Å². The van der Waals surface area contributed by atoms with Crippen molar-refractivity contribution in [2.75, 3.05) is 13.1 Å². The first-order valence-corrected chi connectivity index (χ1v) is 6.40. The first-order valence-electron chi connectivity index (χ1n) is 6.40. The van der Waals surface area contributed by atoms with Gasteiger partial charge >= 0.3 is 12.0 Å². The SMILES string of the molecule is CCC1(C(=O)O)CCN(C(=O)C(C)NC(N)=O)CC1. The summed E-state index contributed by atoms with van der Waals surface area (Å²) in [5.41, 5.74) is 4.24. The van der Waals surface area contributed by atoms with Gasteiger partial charge in [0.2, 0.25) is 5.91 Å². The van der Waals surface area contributed by atoms with Crippen molar-refractivity contribution >= 4 is 17.9 Å². The lowest BCUT2D eigenvalue weighted by Gasteiger charge is -2.39. The summed E-state index contributed by atoms with van der Waals surface area (Å²) in [6.45, 7) is 4.20. The van der Waals surface area contributed by atoms with E-state index in [1.165, 1.54) is 0 Å². The fraction of sp³-hybridized carbons (Fsp3) is 0.750. The zero-order valence-electron chi connectivity index (χ0n) is 11.3. The van der Waals surface area contributed by atoms with Gasteiger partial charge in [-0.1, -0.05) is 6.92 Å². The number of nitrogens with one attached hydrogen (secondary N) is 1. The summed E-state index contributed by atoms with van der Waals surface area (Å²) in [4.78, 5) is 35.6. The molecule has 7 nitrogen and oxygen atoms in total. The number of primary amides is 1. The molecule has 1 aliphatic rings. The molecule has 0 aromatic rings. The summed E-state index contributed by atoms with van der Waals surface area (Å²) in [5.74, 6) is -1.03. The lowest BCUT2D eigenvalue weighted by molar-refractivity contribution is -0.154. The number of piperidine rings is 1. The number of nitrogens with two attached hydrogens (primary N) is 1. The van der Waals surface area contributed by atoms with Crippen LogP contribution < -0.4 is 11.1 Å². The average Bonchev–Trinajstić information content (AvgIpc) is 2.37. The molecule has 1 atom stereocenters. The predicted molar refractivity (Wildman–Crippen MR) is 68.4 cm³/mol. The zero-order valence-corrected chi connectivity index (χ0v) is 11.3. The van der Waals surface area contributed by atoms with E-state index in [0.717, 1.165) is 0 Å². The highest BCUT2D eigenvalue weighted by atomic mass is 16.4. The molecule has 3 amide bonds. The van der Waals surface area contributed by atoms with Crippen molar-refractivity contribution in [2.24, 2.45) is 11.1 Å². The normalized spacial score (nSPS) is 19.6. The van der Waals surface area contributed by atoms with Crippen LogP contribution in [0.5, 0.6) is 0 Å². The topological polar surface area (TPSA) is 113 Å². The maximum Gasteiger partial charge on any atom is 0.312 e. The van der Waals surface area contributed by atoms with Gasteiger partial charge in [-0.2, -0.15) is 0 Å². The monoisotopic (exact) mass is 271 g/mol. The van der Waals surface area contributed by atoms with Crippen molar-refractivity contribution in [1.82, 2.24) is 10.2 Å². The van der Waals surface area contributed by atoms with Gasteiger partial charge in [0.25, 0.3) is 0 Å². The molecule has 4 N–H and O–H groups in total. The Kier molecular flexibility index (Phi) is 4.74. The molecule has 1 unspecified atom stereocenters. The number of nitrogens with zero attached hydrogens (tertiary/aromatic N) is 1. The van der Waals surface area contributed by atoms with Gasteiger partial charge in [0.15, 0.2) is 0 Å². The molecular formula is C12H21N3O4. The van der Waals surface area contributed by atoms with Crippen molar-refractivity contribution in [3.8, 4) is 0 Å². The van der Waals surface area contributed by atoms with Crippen LogP contribution in [0, 0.1) is 5.41 Å². The molecule has 0 aromatic heterocycles. The Balaban J connectivity index is 2.60. The summed E-state index contributed by atoms with van der Waals surface area (Å²) in [7, 11) is 0. The summed E-state index contributed by atoms with van der Waals surface area (Å²) in [5, 5.41) is 11.6. The Hall–Kier alpha value is -1.79. The summed E-state index contributed by atoms with van der Waals surface area (Å²) >= 11 is 0. The van der Waals surface area contributed by atoms with Gasteiger partial charge in [0, 0.05) is 13.1 Å². The van der Waals surface area contributed by atoms with Crippen LogP contribution in [0.4, 0.5) is 4.79 Å². The molecule has 0 saturated carbocycles. The number of aliphatic carboxylic acids is 1. The van der Waals surface area contributed by atoms with E-state index < -0.39 is 23.5 Å². The van der Waals surface area contributed by atoms with Gasteiger partial charge < -0.3 is 21.1 Å². The number of carbonyl (C=O) groups excluding carboxylic acids is 2. The third-order valence-corrected chi connectivity index (χ3v) is 3.89. The molecule has 0 bridgehead atoms. The molecule has 1 heterocycles. The van der Waals surface area contributed by atoms with Gasteiger partial charge in [-0.15, -0.1) is 0 Å². The summed E-state index contributed by atoms with van der Waals surface area (Å²) in [6.07, 6.45) is 1.43. The van der Waals surface area contributed by atoms with Gasteiger partial charge in [-0.05, 0) is 26.2 Å². The van der Waals surface area contributed by atoms with Crippen molar-refractivity contribution in [1.29, 1.82) is 0 Å².